The first-order valence-electron chi connectivity index (χ1n) is 8.89. The van der Waals surface area contributed by atoms with Crippen LogP contribution in [-0.4, -0.2) is 42.3 Å². The highest BCUT2D eigenvalue weighted by atomic mass is 32.2. The van der Waals surface area contributed by atoms with Gasteiger partial charge in [-0.15, -0.1) is 0 Å². The van der Waals surface area contributed by atoms with Crippen molar-refractivity contribution in [3.8, 4) is 0 Å². The van der Waals surface area contributed by atoms with Crippen molar-refractivity contribution in [2.45, 2.75) is 25.3 Å². The number of para-hydroxylation sites is 1. The van der Waals surface area contributed by atoms with Gasteiger partial charge >= 0.3 is 0 Å². The maximum absolute atomic E-state index is 12.7. The van der Waals surface area contributed by atoms with Crippen molar-refractivity contribution in [3.63, 3.8) is 0 Å². The third-order valence-electron chi connectivity index (χ3n) is 4.63. The molecule has 1 amide bonds. The Morgan fingerprint density at radius 2 is 1.86 bits per heavy atom. The molecular formula is C20H22N4O4S. The van der Waals surface area contributed by atoms with Crippen LogP contribution in [0.25, 0.3) is 10.9 Å². The summed E-state index contributed by atoms with van der Waals surface area (Å²) in [4.78, 5) is 29.5. The van der Waals surface area contributed by atoms with Gasteiger partial charge in [-0.3, -0.25) is 14.2 Å². The minimum atomic E-state index is -3.63. The number of benzene rings is 2. The summed E-state index contributed by atoms with van der Waals surface area (Å²) in [6.07, 6.45) is 1.34. The molecule has 0 aliphatic carbocycles. The molecule has 1 aromatic heterocycles. The van der Waals surface area contributed by atoms with Gasteiger partial charge in [-0.25, -0.2) is 17.7 Å². The van der Waals surface area contributed by atoms with Crippen LogP contribution in [0.4, 0.5) is 5.69 Å². The van der Waals surface area contributed by atoms with Gasteiger partial charge in [0.2, 0.25) is 15.9 Å². The number of hydrogen-bond acceptors (Lipinski definition) is 5. The van der Waals surface area contributed by atoms with Crippen molar-refractivity contribution in [1.29, 1.82) is 0 Å². The number of nitrogens with zero attached hydrogens (tertiary/aromatic N) is 3. The standard InChI is InChI=1S/C20H22N4O4S/c1-13-8-9-15(29(27,28)23(3)4)10-17(13)22-18(25)11-24-12-21-19-14(2)6-5-7-16(19)20(24)26/h5-10,12H,11H2,1-4H3,(H,22,25). The van der Waals surface area contributed by atoms with E-state index in [-0.39, 0.29) is 17.0 Å². The average Bonchev–Trinajstić information content (AvgIpc) is 2.66. The lowest BCUT2D eigenvalue weighted by molar-refractivity contribution is -0.116. The fourth-order valence-electron chi connectivity index (χ4n) is 2.90. The molecule has 2 aromatic carbocycles. The Bertz CT molecular complexity index is 1260. The van der Waals surface area contributed by atoms with E-state index in [1.54, 1.807) is 25.1 Å². The van der Waals surface area contributed by atoms with Crippen LogP contribution in [0.2, 0.25) is 0 Å². The topological polar surface area (TPSA) is 101 Å². The van der Waals surface area contributed by atoms with Gasteiger partial charge in [0.25, 0.3) is 5.56 Å². The minimum absolute atomic E-state index is 0.0726. The smallest absolute Gasteiger partial charge is 0.261 e. The van der Waals surface area contributed by atoms with Gasteiger partial charge < -0.3 is 5.32 Å². The van der Waals surface area contributed by atoms with E-state index >= 15 is 0 Å². The quantitative estimate of drug-likeness (QED) is 0.687. The lowest BCUT2D eigenvalue weighted by Gasteiger charge is -2.15. The van der Waals surface area contributed by atoms with E-state index in [1.165, 1.54) is 37.1 Å². The van der Waals surface area contributed by atoms with Gasteiger partial charge in [0.05, 0.1) is 22.1 Å². The van der Waals surface area contributed by atoms with Crippen LogP contribution in [0.3, 0.4) is 0 Å². The van der Waals surface area contributed by atoms with Crippen LogP contribution < -0.4 is 10.9 Å². The van der Waals surface area contributed by atoms with Crippen LogP contribution in [0.15, 0.2) is 52.4 Å². The van der Waals surface area contributed by atoms with Crippen LogP contribution in [0.1, 0.15) is 11.1 Å². The summed E-state index contributed by atoms with van der Waals surface area (Å²) < 4.78 is 27.0. The Kier molecular flexibility index (Phi) is 5.54. The number of sulfonamides is 1. The molecule has 0 radical (unpaired) electrons. The highest BCUT2D eigenvalue weighted by molar-refractivity contribution is 7.89. The van der Waals surface area contributed by atoms with Gasteiger partial charge in [0.1, 0.15) is 6.54 Å². The van der Waals surface area contributed by atoms with E-state index in [9.17, 15) is 18.0 Å². The van der Waals surface area contributed by atoms with Gasteiger partial charge in [0.15, 0.2) is 0 Å². The van der Waals surface area contributed by atoms with Gasteiger partial charge in [-0.1, -0.05) is 18.2 Å². The molecule has 0 fully saturated rings. The summed E-state index contributed by atoms with van der Waals surface area (Å²) in [5.74, 6) is -0.455. The summed E-state index contributed by atoms with van der Waals surface area (Å²) >= 11 is 0. The van der Waals surface area contributed by atoms with Crippen LogP contribution in [0, 0.1) is 13.8 Å². The number of aromatic nitrogens is 2. The Morgan fingerprint density at radius 3 is 2.55 bits per heavy atom. The number of anilines is 1. The van der Waals surface area contributed by atoms with Gasteiger partial charge in [-0.05, 0) is 43.2 Å². The molecule has 0 bridgehead atoms. The number of rotatable bonds is 5. The van der Waals surface area contributed by atoms with Crippen molar-refractivity contribution in [2.75, 3.05) is 19.4 Å². The second-order valence-corrected chi connectivity index (χ2v) is 9.11. The van der Waals surface area contributed by atoms with Crippen LogP contribution >= 0.6 is 0 Å². The molecule has 29 heavy (non-hydrogen) atoms. The van der Waals surface area contributed by atoms with E-state index in [4.69, 9.17) is 0 Å². The monoisotopic (exact) mass is 414 g/mol. The van der Waals surface area contributed by atoms with Crippen LogP contribution in [-0.2, 0) is 21.4 Å². The molecule has 0 spiro atoms. The molecule has 0 aliphatic rings. The highest BCUT2D eigenvalue weighted by Crippen LogP contribution is 2.22. The first kappa shape index (κ1) is 20.7. The molecule has 0 unspecified atom stereocenters. The molecule has 0 aliphatic heterocycles. The lowest BCUT2D eigenvalue weighted by atomic mass is 10.1. The summed E-state index contributed by atoms with van der Waals surface area (Å²) in [6, 6.07) is 9.83. The van der Waals surface area contributed by atoms with Crippen molar-refractivity contribution < 1.29 is 13.2 Å². The summed E-state index contributed by atoms with van der Waals surface area (Å²) in [5, 5.41) is 3.13. The molecule has 0 saturated carbocycles. The molecule has 1 N–H and O–H groups in total. The zero-order chi connectivity index (χ0) is 21.3. The maximum Gasteiger partial charge on any atom is 0.261 e. The first-order valence-corrected chi connectivity index (χ1v) is 10.3. The number of hydrogen-bond donors (Lipinski definition) is 1. The van der Waals surface area contributed by atoms with Gasteiger partial charge in [0, 0.05) is 19.8 Å². The predicted octanol–water partition coefficient (Wildman–Crippen LogP) is 1.90. The molecular weight excluding hydrogens is 392 g/mol. The second-order valence-electron chi connectivity index (χ2n) is 6.96. The van der Waals surface area contributed by atoms with E-state index in [0.29, 0.717) is 22.2 Å². The average molecular weight is 414 g/mol. The molecule has 3 rings (SSSR count). The lowest BCUT2D eigenvalue weighted by Crippen LogP contribution is -2.28. The van der Waals surface area contributed by atoms with Crippen molar-refractivity contribution in [1.82, 2.24) is 13.9 Å². The Labute approximate surface area is 168 Å². The fourth-order valence-corrected chi connectivity index (χ4v) is 3.83. The minimum Gasteiger partial charge on any atom is -0.324 e. The maximum atomic E-state index is 12.7. The molecule has 152 valence electrons. The molecule has 1 heterocycles. The molecule has 3 aromatic rings. The number of nitrogens with one attached hydrogen (secondary N) is 1. The van der Waals surface area contributed by atoms with Crippen molar-refractivity contribution >= 4 is 32.5 Å². The van der Waals surface area contributed by atoms with E-state index in [2.05, 4.69) is 10.3 Å². The zero-order valence-corrected chi connectivity index (χ0v) is 17.4. The first-order chi connectivity index (χ1) is 13.6. The Balaban J connectivity index is 1.88. The van der Waals surface area contributed by atoms with E-state index in [0.717, 1.165) is 9.87 Å². The molecule has 0 atom stereocenters. The van der Waals surface area contributed by atoms with Crippen molar-refractivity contribution in [2.24, 2.45) is 0 Å². The van der Waals surface area contributed by atoms with Crippen LogP contribution in [0.5, 0.6) is 0 Å². The SMILES string of the molecule is Cc1ccc(S(=O)(=O)N(C)C)cc1NC(=O)Cn1cnc2c(C)cccc2c1=O. The largest absolute Gasteiger partial charge is 0.324 e. The molecule has 0 saturated heterocycles. The molecule has 9 heteroatoms. The highest BCUT2D eigenvalue weighted by Gasteiger charge is 2.19. The predicted molar refractivity (Wildman–Crippen MR) is 111 cm³/mol. The van der Waals surface area contributed by atoms with E-state index in [1.807, 2.05) is 13.0 Å². The second kappa shape index (κ2) is 7.76. The normalized spacial score (nSPS) is 11.8. The fraction of sp³-hybridized carbons (Fsp3) is 0.250. The summed E-state index contributed by atoms with van der Waals surface area (Å²) in [7, 11) is -0.752. The number of aryl methyl sites for hydroxylation is 2. The Morgan fingerprint density at radius 1 is 1.14 bits per heavy atom. The third-order valence-corrected chi connectivity index (χ3v) is 6.44. The summed E-state index contributed by atoms with van der Waals surface area (Å²) in [5.41, 5.74) is 2.25. The number of amides is 1. The van der Waals surface area contributed by atoms with Crippen molar-refractivity contribution in [3.05, 3.63) is 64.2 Å². The Hall–Kier alpha value is -3.04. The number of carbonyl (C=O) groups excluding carboxylic acids is 1. The van der Waals surface area contributed by atoms with E-state index < -0.39 is 15.9 Å². The number of carbonyl (C=O) groups is 1. The number of fused-ring (bicyclic) bond motifs is 1. The third kappa shape index (κ3) is 4.06. The van der Waals surface area contributed by atoms with Gasteiger partial charge in [-0.2, -0.15) is 0 Å². The summed E-state index contributed by atoms with van der Waals surface area (Å²) in [6.45, 7) is 3.39. The molecule has 8 nitrogen and oxygen atoms in total. The zero-order valence-electron chi connectivity index (χ0n) is 16.6.